The number of ketones is 1. The Bertz CT molecular complexity index is 411. The predicted molar refractivity (Wildman–Crippen MR) is 104 cm³/mol. The number of ether oxygens (including phenoxy) is 3. The van der Waals surface area contributed by atoms with E-state index in [1.807, 2.05) is 0 Å². The zero-order valence-electron chi connectivity index (χ0n) is 17.4. The minimum atomic E-state index is 0.0624. The molecule has 4 nitrogen and oxygen atoms in total. The van der Waals surface area contributed by atoms with Gasteiger partial charge in [-0.3, -0.25) is 4.79 Å². The maximum absolute atomic E-state index is 12.6. The highest BCUT2D eigenvalue weighted by molar-refractivity contribution is 5.79. The number of hydrogen-bond donors (Lipinski definition) is 0. The van der Waals surface area contributed by atoms with Gasteiger partial charge in [0.15, 0.2) is 0 Å². The van der Waals surface area contributed by atoms with Crippen LogP contribution in [0.4, 0.5) is 0 Å². The first-order valence-electron chi connectivity index (χ1n) is 10.9. The molecule has 0 aromatic rings. The normalized spacial score (nSPS) is 33.8. The van der Waals surface area contributed by atoms with Crippen molar-refractivity contribution in [1.29, 1.82) is 0 Å². The summed E-state index contributed by atoms with van der Waals surface area (Å²) in [6.07, 6.45) is 10.8. The van der Waals surface area contributed by atoms with Gasteiger partial charge in [0.05, 0.1) is 24.4 Å². The molecule has 0 spiro atoms. The number of hydrogen-bond acceptors (Lipinski definition) is 4. The molecule has 2 heterocycles. The maximum atomic E-state index is 12.6. The van der Waals surface area contributed by atoms with E-state index in [-0.39, 0.29) is 24.4 Å². The molecule has 0 aromatic carbocycles. The van der Waals surface area contributed by atoms with Crippen LogP contribution >= 0.6 is 0 Å². The van der Waals surface area contributed by atoms with Gasteiger partial charge in [0.2, 0.25) is 0 Å². The van der Waals surface area contributed by atoms with Gasteiger partial charge in [-0.2, -0.15) is 0 Å². The van der Waals surface area contributed by atoms with Gasteiger partial charge in [-0.25, -0.2) is 0 Å². The number of unbranched alkanes of at least 4 members (excludes halogenated alkanes) is 2. The van der Waals surface area contributed by atoms with Crippen molar-refractivity contribution >= 4 is 5.78 Å². The van der Waals surface area contributed by atoms with Crippen molar-refractivity contribution < 1.29 is 19.0 Å². The Morgan fingerprint density at radius 1 is 1.15 bits per heavy atom. The Morgan fingerprint density at radius 3 is 2.65 bits per heavy atom. The molecular formula is C22H40O4. The molecule has 2 rings (SSSR count). The molecule has 0 aromatic heterocycles. The van der Waals surface area contributed by atoms with Crippen molar-refractivity contribution in [2.24, 2.45) is 11.8 Å². The summed E-state index contributed by atoms with van der Waals surface area (Å²) < 4.78 is 17.9. The van der Waals surface area contributed by atoms with Crippen molar-refractivity contribution in [2.75, 3.05) is 13.7 Å². The minimum absolute atomic E-state index is 0.0624. The molecular weight excluding hydrogens is 328 g/mol. The third-order valence-electron chi connectivity index (χ3n) is 6.32. The zero-order valence-corrected chi connectivity index (χ0v) is 17.4. The molecule has 2 fully saturated rings. The van der Waals surface area contributed by atoms with Crippen molar-refractivity contribution in [1.82, 2.24) is 0 Å². The SMILES string of the molecule is CCCCCC(OC)[C@H]1OC(CC(=O)C[C@@H]2CCCO[C@H]2C)CCC1C. The van der Waals surface area contributed by atoms with E-state index in [4.69, 9.17) is 14.2 Å². The summed E-state index contributed by atoms with van der Waals surface area (Å²) in [5.74, 6) is 1.22. The van der Waals surface area contributed by atoms with E-state index in [1.54, 1.807) is 7.11 Å². The van der Waals surface area contributed by atoms with Crippen molar-refractivity contribution in [2.45, 2.75) is 109 Å². The third-order valence-corrected chi connectivity index (χ3v) is 6.32. The highest BCUT2D eigenvalue weighted by Crippen LogP contribution is 2.32. The molecule has 0 saturated carbocycles. The van der Waals surface area contributed by atoms with Gasteiger partial charge in [-0.05, 0) is 50.9 Å². The fourth-order valence-electron chi connectivity index (χ4n) is 4.54. The van der Waals surface area contributed by atoms with Crippen LogP contribution in [0.2, 0.25) is 0 Å². The zero-order chi connectivity index (χ0) is 18.9. The topological polar surface area (TPSA) is 44.8 Å². The van der Waals surface area contributed by atoms with Gasteiger partial charge in [-0.15, -0.1) is 0 Å². The Kier molecular flexibility index (Phi) is 9.58. The summed E-state index contributed by atoms with van der Waals surface area (Å²) in [4.78, 5) is 12.6. The van der Waals surface area contributed by atoms with Crippen molar-refractivity contribution in [3.63, 3.8) is 0 Å². The van der Waals surface area contributed by atoms with Crippen molar-refractivity contribution in [3.8, 4) is 0 Å². The molecule has 4 heteroatoms. The molecule has 3 unspecified atom stereocenters. The predicted octanol–water partition coefficient (Wildman–Crippen LogP) is 4.93. The first kappa shape index (κ1) is 21.8. The third kappa shape index (κ3) is 6.61. The van der Waals surface area contributed by atoms with Crippen LogP contribution in [0.3, 0.4) is 0 Å². The lowest BCUT2D eigenvalue weighted by Gasteiger charge is -2.39. The van der Waals surface area contributed by atoms with Gasteiger partial charge in [0.25, 0.3) is 0 Å². The van der Waals surface area contributed by atoms with E-state index in [9.17, 15) is 4.79 Å². The van der Waals surface area contributed by atoms with E-state index in [2.05, 4.69) is 20.8 Å². The summed E-state index contributed by atoms with van der Waals surface area (Å²) in [5, 5.41) is 0. The molecule has 6 atom stereocenters. The minimum Gasteiger partial charge on any atom is -0.379 e. The molecule has 152 valence electrons. The van der Waals surface area contributed by atoms with Gasteiger partial charge in [0, 0.05) is 26.6 Å². The Hall–Kier alpha value is -0.450. The van der Waals surface area contributed by atoms with Gasteiger partial charge in [-0.1, -0.05) is 33.1 Å². The monoisotopic (exact) mass is 368 g/mol. The summed E-state index contributed by atoms with van der Waals surface area (Å²) in [7, 11) is 1.80. The van der Waals surface area contributed by atoms with E-state index in [0.717, 1.165) is 38.7 Å². The summed E-state index contributed by atoms with van der Waals surface area (Å²) in [6, 6.07) is 0. The number of carbonyl (C=O) groups is 1. The average molecular weight is 369 g/mol. The highest BCUT2D eigenvalue weighted by Gasteiger charge is 2.35. The molecule has 0 N–H and O–H groups in total. The summed E-state index contributed by atoms with van der Waals surface area (Å²) in [5.41, 5.74) is 0. The Balaban J connectivity index is 1.82. The largest absolute Gasteiger partial charge is 0.379 e. The molecule has 26 heavy (non-hydrogen) atoms. The lowest BCUT2D eigenvalue weighted by atomic mass is 9.85. The molecule has 0 bridgehead atoms. The van der Waals surface area contributed by atoms with Crippen LogP contribution in [-0.2, 0) is 19.0 Å². The highest BCUT2D eigenvalue weighted by atomic mass is 16.5. The van der Waals surface area contributed by atoms with Gasteiger partial charge < -0.3 is 14.2 Å². The fourth-order valence-corrected chi connectivity index (χ4v) is 4.54. The molecule has 2 aliphatic rings. The Morgan fingerprint density at radius 2 is 1.96 bits per heavy atom. The van der Waals surface area contributed by atoms with Crippen LogP contribution in [0.25, 0.3) is 0 Å². The lowest BCUT2D eigenvalue weighted by molar-refractivity contribution is -0.151. The lowest BCUT2D eigenvalue weighted by Crippen LogP contribution is -2.43. The summed E-state index contributed by atoms with van der Waals surface area (Å²) in [6.45, 7) is 7.43. The van der Waals surface area contributed by atoms with Crippen LogP contribution in [0.15, 0.2) is 0 Å². The van der Waals surface area contributed by atoms with E-state index >= 15 is 0 Å². The summed E-state index contributed by atoms with van der Waals surface area (Å²) >= 11 is 0. The number of Topliss-reactive ketones (excluding diaryl/α,β-unsaturated/α-hetero) is 1. The standard InChI is InChI=1S/C22H40O4/c1-5-6-7-10-21(24-4)22-16(2)11-12-20(26-22)15-19(23)14-18-9-8-13-25-17(18)3/h16-18,20-22H,5-15H2,1-4H3/t16?,17-,18-,20?,21?,22-/m0/s1. The maximum Gasteiger partial charge on any atom is 0.135 e. The molecule has 2 saturated heterocycles. The number of carbonyl (C=O) groups excluding carboxylic acids is 1. The van der Waals surface area contributed by atoms with Crippen LogP contribution in [0, 0.1) is 11.8 Å². The van der Waals surface area contributed by atoms with E-state index < -0.39 is 0 Å². The van der Waals surface area contributed by atoms with Gasteiger partial charge >= 0.3 is 0 Å². The van der Waals surface area contributed by atoms with Gasteiger partial charge in [0.1, 0.15) is 5.78 Å². The van der Waals surface area contributed by atoms with Crippen LogP contribution in [0.1, 0.15) is 85.0 Å². The van der Waals surface area contributed by atoms with E-state index in [0.29, 0.717) is 30.5 Å². The quantitative estimate of drug-likeness (QED) is 0.513. The van der Waals surface area contributed by atoms with Crippen LogP contribution in [-0.4, -0.2) is 43.9 Å². The second kappa shape index (κ2) is 11.4. The second-order valence-corrected chi connectivity index (χ2v) is 8.47. The second-order valence-electron chi connectivity index (χ2n) is 8.47. The number of rotatable bonds is 10. The van der Waals surface area contributed by atoms with E-state index in [1.165, 1.54) is 19.3 Å². The van der Waals surface area contributed by atoms with Crippen LogP contribution in [0.5, 0.6) is 0 Å². The molecule has 0 radical (unpaired) electrons. The molecule has 0 amide bonds. The smallest absolute Gasteiger partial charge is 0.135 e. The average Bonchev–Trinajstić information content (AvgIpc) is 2.63. The molecule has 0 aliphatic carbocycles. The van der Waals surface area contributed by atoms with Crippen molar-refractivity contribution in [3.05, 3.63) is 0 Å². The van der Waals surface area contributed by atoms with Crippen LogP contribution < -0.4 is 0 Å². The first-order chi connectivity index (χ1) is 12.5. The first-order valence-corrected chi connectivity index (χ1v) is 10.9. The number of methoxy groups -OCH3 is 1. The Labute approximate surface area is 160 Å². The fraction of sp³-hybridized carbons (Fsp3) is 0.955. The molecule has 2 aliphatic heterocycles.